The Bertz CT molecular complexity index is 1100. The molecule has 3 aromatic rings. The lowest BCUT2D eigenvalue weighted by Crippen LogP contribution is -2.34. The van der Waals surface area contributed by atoms with Crippen molar-refractivity contribution in [2.24, 2.45) is 0 Å². The van der Waals surface area contributed by atoms with Crippen LogP contribution in [0.25, 0.3) is 16.8 Å². The van der Waals surface area contributed by atoms with Crippen molar-refractivity contribution < 1.29 is 14.3 Å². The zero-order valence-electron chi connectivity index (χ0n) is 13.8. The van der Waals surface area contributed by atoms with Gasteiger partial charge in [-0.15, -0.1) is 5.10 Å². The molecule has 0 saturated carbocycles. The minimum atomic E-state index is -1.06. The van der Waals surface area contributed by atoms with Crippen molar-refractivity contribution in [1.82, 2.24) is 24.8 Å². The van der Waals surface area contributed by atoms with E-state index < -0.39 is 23.4 Å². The molecule has 0 aliphatic carbocycles. The lowest BCUT2D eigenvalue weighted by Gasteiger charge is -2.25. The summed E-state index contributed by atoms with van der Waals surface area (Å²) < 4.78 is 17.4. The Morgan fingerprint density at radius 3 is 2.85 bits per heavy atom. The molecular formula is C17H13ClFN5O3. The predicted octanol–water partition coefficient (Wildman–Crippen LogP) is 2.25. The van der Waals surface area contributed by atoms with Crippen LogP contribution in [0.3, 0.4) is 0 Å². The van der Waals surface area contributed by atoms with E-state index in [0.717, 1.165) is 0 Å². The number of aromatic nitrogens is 5. The van der Waals surface area contributed by atoms with Crippen LogP contribution in [-0.4, -0.2) is 35.9 Å². The first-order valence-corrected chi connectivity index (χ1v) is 8.55. The highest BCUT2D eigenvalue weighted by atomic mass is 35.5. The standard InChI is InChI=1S/C17H13ClFN5O3/c18-11-4-5-12(23-8-20-21-22-23)15(16(11)19)9-6-10-2-1-3-13(17(26)27)24(10)14(25)7-9/h4-8,13H,1-3H2,(H,26,27). The molecule has 1 atom stereocenters. The SMILES string of the molecule is O=C(O)C1CCCc2cc(-c3c(-n4cnnn4)ccc(Cl)c3F)cc(=O)n21. The van der Waals surface area contributed by atoms with E-state index in [1.54, 1.807) is 12.1 Å². The van der Waals surface area contributed by atoms with Crippen molar-refractivity contribution in [2.45, 2.75) is 25.3 Å². The van der Waals surface area contributed by atoms with Gasteiger partial charge in [-0.3, -0.25) is 9.36 Å². The van der Waals surface area contributed by atoms with Crippen LogP contribution in [0.15, 0.2) is 35.4 Å². The van der Waals surface area contributed by atoms with E-state index in [4.69, 9.17) is 11.6 Å². The molecule has 1 aromatic carbocycles. The Balaban J connectivity index is 1.96. The molecule has 10 heteroatoms. The molecule has 3 heterocycles. The van der Waals surface area contributed by atoms with Gasteiger partial charge in [0.2, 0.25) is 0 Å². The smallest absolute Gasteiger partial charge is 0.326 e. The van der Waals surface area contributed by atoms with Gasteiger partial charge >= 0.3 is 5.97 Å². The van der Waals surface area contributed by atoms with Crippen LogP contribution in [0.2, 0.25) is 5.02 Å². The van der Waals surface area contributed by atoms with E-state index in [1.165, 1.54) is 27.7 Å². The number of carboxylic acids is 1. The van der Waals surface area contributed by atoms with Crippen molar-refractivity contribution >= 4 is 17.6 Å². The highest BCUT2D eigenvalue weighted by Gasteiger charge is 2.28. The number of tetrazole rings is 1. The van der Waals surface area contributed by atoms with E-state index in [9.17, 15) is 19.1 Å². The topological polar surface area (TPSA) is 103 Å². The second-order valence-corrected chi connectivity index (χ2v) is 6.61. The van der Waals surface area contributed by atoms with Crippen LogP contribution in [0.1, 0.15) is 24.6 Å². The van der Waals surface area contributed by atoms with E-state index in [2.05, 4.69) is 15.5 Å². The molecule has 4 rings (SSSR count). The van der Waals surface area contributed by atoms with Gasteiger partial charge in [0, 0.05) is 17.3 Å². The van der Waals surface area contributed by atoms with Gasteiger partial charge in [0.15, 0.2) is 5.82 Å². The van der Waals surface area contributed by atoms with Gasteiger partial charge in [-0.2, -0.15) is 4.68 Å². The molecule has 0 amide bonds. The molecule has 0 spiro atoms. The molecule has 138 valence electrons. The quantitative estimate of drug-likeness (QED) is 0.737. The van der Waals surface area contributed by atoms with Gasteiger partial charge in [-0.1, -0.05) is 11.6 Å². The van der Waals surface area contributed by atoms with E-state index in [1.807, 2.05) is 0 Å². The summed E-state index contributed by atoms with van der Waals surface area (Å²) in [6, 6.07) is 4.85. The van der Waals surface area contributed by atoms with Crippen LogP contribution >= 0.6 is 11.6 Å². The largest absolute Gasteiger partial charge is 0.480 e. The fraction of sp³-hybridized carbons (Fsp3) is 0.235. The van der Waals surface area contributed by atoms with Gasteiger partial charge in [0.1, 0.15) is 12.4 Å². The number of rotatable bonds is 3. The molecule has 0 saturated heterocycles. The molecule has 1 aliphatic rings. The Labute approximate surface area is 156 Å². The third-order valence-electron chi connectivity index (χ3n) is 4.61. The number of benzene rings is 1. The number of hydrogen-bond acceptors (Lipinski definition) is 5. The molecule has 1 aliphatic heterocycles. The summed E-state index contributed by atoms with van der Waals surface area (Å²) in [6.45, 7) is 0. The number of carbonyl (C=O) groups is 1. The zero-order chi connectivity index (χ0) is 19.1. The molecule has 0 radical (unpaired) electrons. The molecule has 1 N–H and O–H groups in total. The van der Waals surface area contributed by atoms with Crippen LogP contribution < -0.4 is 5.56 Å². The van der Waals surface area contributed by atoms with Crippen LogP contribution in [0.4, 0.5) is 4.39 Å². The maximum Gasteiger partial charge on any atom is 0.326 e. The summed E-state index contributed by atoms with van der Waals surface area (Å²) in [6.07, 6.45) is 2.83. The number of aliphatic carboxylic acids is 1. The fourth-order valence-electron chi connectivity index (χ4n) is 3.44. The third-order valence-corrected chi connectivity index (χ3v) is 4.90. The number of hydrogen-bond donors (Lipinski definition) is 1. The minimum absolute atomic E-state index is 0.0766. The fourth-order valence-corrected chi connectivity index (χ4v) is 3.60. The summed E-state index contributed by atoms with van der Waals surface area (Å²) in [5, 5.41) is 20.1. The second-order valence-electron chi connectivity index (χ2n) is 6.20. The van der Waals surface area contributed by atoms with E-state index >= 15 is 0 Å². The molecule has 0 fully saturated rings. The van der Waals surface area contributed by atoms with Crippen LogP contribution in [0, 0.1) is 5.82 Å². The molecule has 0 bridgehead atoms. The highest BCUT2D eigenvalue weighted by molar-refractivity contribution is 6.31. The van der Waals surface area contributed by atoms with Crippen molar-refractivity contribution in [3.8, 4) is 16.8 Å². The Hall–Kier alpha value is -3.07. The number of fused-ring (bicyclic) bond motifs is 1. The monoisotopic (exact) mass is 389 g/mol. The van der Waals surface area contributed by atoms with E-state index in [-0.39, 0.29) is 10.6 Å². The van der Waals surface area contributed by atoms with Gasteiger partial charge in [0.05, 0.1) is 10.7 Å². The first-order chi connectivity index (χ1) is 13.0. The Kier molecular flexibility index (Phi) is 4.23. The number of pyridine rings is 1. The first kappa shape index (κ1) is 17.3. The van der Waals surface area contributed by atoms with Gasteiger partial charge in [0.25, 0.3) is 5.56 Å². The lowest BCUT2D eigenvalue weighted by atomic mass is 9.97. The van der Waals surface area contributed by atoms with Gasteiger partial charge in [-0.25, -0.2) is 9.18 Å². The molecule has 8 nitrogen and oxygen atoms in total. The zero-order valence-corrected chi connectivity index (χ0v) is 14.6. The van der Waals surface area contributed by atoms with Crippen molar-refractivity contribution in [1.29, 1.82) is 0 Å². The van der Waals surface area contributed by atoms with Crippen molar-refractivity contribution in [3.05, 3.63) is 57.5 Å². The van der Waals surface area contributed by atoms with E-state index in [0.29, 0.717) is 36.2 Å². The lowest BCUT2D eigenvalue weighted by molar-refractivity contribution is -0.141. The van der Waals surface area contributed by atoms with Gasteiger partial charge in [-0.05, 0) is 53.5 Å². The first-order valence-electron chi connectivity index (χ1n) is 8.17. The maximum atomic E-state index is 14.9. The van der Waals surface area contributed by atoms with Gasteiger partial charge < -0.3 is 5.11 Å². The van der Waals surface area contributed by atoms with Crippen LogP contribution in [-0.2, 0) is 11.2 Å². The minimum Gasteiger partial charge on any atom is -0.480 e. The summed E-state index contributed by atoms with van der Waals surface area (Å²) in [5.41, 5.74) is 0.724. The number of halogens is 2. The maximum absolute atomic E-state index is 14.9. The molecule has 27 heavy (non-hydrogen) atoms. The summed E-state index contributed by atoms with van der Waals surface area (Å²) in [4.78, 5) is 24.1. The summed E-state index contributed by atoms with van der Waals surface area (Å²) in [7, 11) is 0. The Morgan fingerprint density at radius 2 is 2.15 bits per heavy atom. The number of aryl methyl sites for hydroxylation is 1. The normalized spacial score (nSPS) is 16.1. The number of carboxylic acid groups (broad SMARTS) is 1. The average Bonchev–Trinajstić information content (AvgIpc) is 3.17. The molecule has 2 aromatic heterocycles. The molecular weight excluding hydrogens is 377 g/mol. The second kappa shape index (κ2) is 6.58. The molecule has 1 unspecified atom stereocenters. The van der Waals surface area contributed by atoms with Crippen molar-refractivity contribution in [3.63, 3.8) is 0 Å². The van der Waals surface area contributed by atoms with Crippen molar-refractivity contribution in [2.75, 3.05) is 0 Å². The average molecular weight is 390 g/mol. The predicted molar refractivity (Wildman–Crippen MR) is 93.4 cm³/mol. The summed E-state index contributed by atoms with van der Waals surface area (Å²) >= 11 is 5.95. The summed E-state index contributed by atoms with van der Waals surface area (Å²) in [5.74, 6) is -1.77. The number of nitrogens with zero attached hydrogens (tertiary/aromatic N) is 5. The highest BCUT2D eigenvalue weighted by Crippen LogP contribution is 2.34. The Morgan fingerprint density at radius 1 is 1.33 bits per heavy atom. The van der Waals surface area contributed by atoms with Crippen LogP contribution in [0.5, 0.6) is 0 Å². The third kappa shape index (κ3) is 2.89.